The summed E-state index contributed by atoms with van der Waals surface area (Å²) in [6.45, 7) is 6.22. The third kappa shape index (κ3) is 6.06. The second kappa shape index (κ2) is 12.1. The highest BCUT2D eigenvalue weighted by Crippen LogP contribution is 2.55. The number of amides is 1. The van der Waals surface area contributed by atoms with Crippen LogP contribution in [0, 0.1) is 23.6 Å². The number of nitrogens with one attached hydrogen (secondary N) is 2. The average Bonchev–Trinajstić information content (AvgIpc) is 2.97. The second-order valence-electron chi connectivity index (χ2n) is 13.9. The van der Waals surface area contributed by atoms with Gasteiger partial charge in [0.25, 0.3) is 20.1 Å². The number of rotatable bonds is 11. The van der Waals surface area contributed by atoms with Crippen molar-refractivity contribution >= 4 is 24.6 Å². The number of hydrogen-bond acceptors (Lipinski definition) is 6. The summed E-state index contributed by atoms with van der Waals surface area (Å²) in [5.41, 5.74) is -1.01. The lowest BCUT2D eigenvalue weighted by molar-refractivity contribution is -0.129. The third-order valence-electron chi connectivity index (χ3n) is 9.66. The number of benzene rings is 2. The lowest BCUT2D eigenvalue weighted by Gasteiger charge is -2.56. The standard InChI is InChI=1S/C34H42FN3O5Si/c1-33(2,3)44(26-10-6-4-7-11-26,27-12-8-5-9-13-27)43-15-14-41-30-29(35)31(37-32(40)36-30)42-22-28(39)38-34-19-23-16-24(20-34)18-25(17-23)21-34/h4-13,23-25H,14-22H2,1-3H3,(H,38,39)(H,36,37,40). The minimum atomic E-state index is -2.81. The highest BCUT2D eigenvalue weighted by Gasteiger charge is 2.52. The Balaban J connectivity index is 1.11. The molecule has 2 aromatic carbocycles. The molecule has 3 aromatic rings. The van der Waals surface area contributed by atoms with Crippen molar-refractivity contribution in [2.75, 3.05) is 19.8 Å². The molecule has 2 N–H and O–H groups in total. The van der Waals surface area contributed by atoms with Gasteiger partial charge in [-0.1, -0.05) is 81.4 Å². The third-order valence-corrected chi connectivity index (χ3v) is 14.7. The molecular weight excluding hydrogens is 577 g/mol. The van der Waals surface area contributed by atoms with Gasteiger partial charge in [0.15, 0.2) is 6.61 Å². The molecule has 44 heavy (non-hydrogen) atoms. The Hall–Kier alpha value is -3.50. The highest BCUT2D eigenvalue weighted by atomic mass is 28.4. The van der Waals surface area contributed by atoms with E-state index in [0.717, 1.165) is 29.6 Å². The molecule has 0 atom stereocenters. The predicted molar refractivity (Wildman–Crippen MR) is 168 cm³/mol. The number of aromatic nitrogens is 2. The molecule has 4 fully saturated rings. The Morgan fingerprint density at radius 3 is 2.00 bits per heavy atom. The van der Waals surface area contributed by atoms with Gasteiger partial charge in [-0.3, -0.25) is 9.78 Å². The Kier molecular flexibility index (Phi) is 8.41. The van der Waals surface area contributed by atoms with Gasteiger partial charge < -0.3 is 19.2 Å². The van der Waals surface area contributed by atoms with Crippen LogP contribution >= 0.6 is 0 Å². The molecule has 0 aliphatic heterocycles. The first kappa shape index (κ1) is 30.5. The maximum Gasteiger partial charge on any atom is 0.351 e. The Morgan fingerprint density at radius 1 is 0.932 bits per heavy atom. The van der Waals surface area contributed by atoms with Crippen LogP contribution in [0.3, 0.4) is 0 Å². The normalized spacial score (nSPS) is 24.2. The molecule has 7 rings (SSSR count). The van der Waals surface area contributed by atoms with Gasteiger partial charge in [0.05, 0.1) is 6.61 Å². The van der Waals surface area contributed by atoms with Crippen molar-refractivity contribution < 1.29 is 23.1 Å². The largest absolute Gasteiger partial charge is 0.474 e. The molecule has 4 aliphatic rings. The summed E-state index contributed by atoms with van der Waals surface area (Å²) >= 11 is 0. The molecule has 0 radical (unpaired) electrons. The van der Waals surface area contributed by atoms with E-state index in [-0.39, 0.29) is 29.7 Å². The molecule has 0 unspecified atom stereocenters. The van der Waals surface area contributed by atoms with E-state index in [0.29, 0.717) is 17.8 Å². The fourth-order valence-corrected chi connectivity index (χ4v) is 13.0. The van der Waals surface area contributed by atoms with Crippen molar-refractivity contribution in [3.05, 3.63) is 77.0 Å². The van der Waals surface area contributed by atoms with Crippen molar-refractivity contribution in [1.82, 2.24) is 15.3 Å². The Morgan fingerprint density at radius 2 is 1.48 bits per heavy atom. The van der Waals surface area contributed by atoms with Gasteiger partial charge in [-0.15, -0.1) is 0 Å². The summed E-state index contributed by atoms with van der Waals surface area (Å²) in [7, 11) is -2.81. The van der Waals surface area contributed by atoms with Crippen LogP contribution in [-0.2, 0) is 9.22 Å². The number of hydrogen-bond donors (Lipinski definition) is 2. The first-order valence-electron chi connectivity index (χ1n) is 15.7. The van der Waals surface area contributed by atoms with Crippen molar-refractivity contribution in [2.45, 2.75) is 69.9 Å². The number of H-pyrrole nitrogens is 1. The van der Waals surface area contributed by atoms with Crippen molar-refractivity contribution in [1.29, 1.82) is 0 Å². The van der Waals surface area contributed by atoms with Gasteiger partial charge >= 0.3 is 5.69 Å². The van der Waals surface area contributed by atoms with Crippen LogP contribution < -0.4 is 30.9 Å². The van der Waals surface area contributed by atoms with Crippen LogP contribution in [0.5, 0.6) is 11.8 Å². The van der Waals surface area contributed by atoms with Crippen LogP contribution in [-0.4, -0.2) is 49.6 Å². The van der Waals surface area contributed by atoms with E-state index in [4.69, 9.17) is 13.9 Å². The van der Waals surface area contributed by atoms with E-state index in [1.54, 1.807) is 0 Å². The lowest BCUT2D eigenvalue weighted by atomic mass is 9.53. The molecule has 4 bridgehead atoms. The van der Waals surface area contributed by atoms with Crippen molar-refractivity contribution in [2.24, 2.45) is 17.8 Å². The molecular formula is C34H42FN3O5Si. The SMILES string of the molecule is CC(C)(C)[Si](OCCOc1[nH]c(=O)nc(OCC(=O)NC23CC4CC(CC(C4)C2)C3)c1F)(c1ccccc1)c1ccccc1. The summed E-state index contributed by atoms with van der Waals surface area (Å²) in [5.74, 6) is -0.212. The Labute approximate surface area is 258 Å². The lowest BCUT2D eigenvalue weighted by Crippen LogP contribution is -2.66. The van der Waals surface area contributed by atoms with Gasteiger partial charge in [0.2, 0.25) is 11.7 Å². The molecule has 8 nitrogen and oxygen atoms in total. The first-order chi connectivity index (χ1) is 21.1. The molecule has 1 aromatic heterocycles. The average molecular weight is 620 g/mol. The molecule has 4 saturated carbocycles. The summed E-state index contributed by atoms with van der Waals surface area (Å²) in [5, 5.41) is 5.19. The number of carbonyl (C=O) groups is 1. The van der Waals surface area contributed by atoms with E-state index in [2.05, 4.69) is 60.3 Å². The second-order valence-corrected chi connectivity index (χ2v) is 18.2. The predicted octanol–water partition coefficient (Wildman–Crippen LogP) is 4.33. The Bertz CT molecular complexity index is 1450. The van der Waals surface area contributed by atoms with Gasteiger partial charge in [0, 0.05) is 5.54 Å². The quantitative estimate of drug-likeness (QED) is 0.245. The van der Waals surface area contributed by atoms with Gasteiger partial charge in [-0.2, -0.15) is 9.37 Å². The van der Waals surface area contributed by atoms with Crippen LogP contribution in [0.25, 0.3) is 0 Å². The van der Waals surface area contributed by atoms with Crippen LogP contribution in [0.4, 0.5) is 4.39 Å². The summed E-state index contributed by atoms with van der Waals surface area (Å²) in [4.78, 5) is 31.1. The maximum atomic E-state index is 15.4. The maximum absolute atomic E-state index is 15.4. The minimum Gasteiger partial charge on any atom is -0.474 e. The fourth-order valence-electron chi connectivity index (χ4n) is 8.44. The monoisotopic (exact) mass is 619 g/mol. The molecule has 1 amide bonds. The zero-order valence-electron chi connectivity index (χ0n) is 25.7. The van der Waals surface area contributed by atoms with E-state index in [1.165, 1.54) is 19.3 Å². The topological polar surface area (TPSA) is 103 Å². The number of carbonyl (C=O) groups excluding carboxylic acids is 1. The van der Waals surface area contributed by atoms with E-state index in [1.807, 2.05) is 36.4 Å². The molecule has 4 aliphatic carbocycles. The molecule has 0 saturated heterocycles. The molecule has 10 heteroatoms. The number of halogens is 1. The first-order valence-corrected chi connectivity index (χ1v) is 17.6. The van der Waals surface area contributed by atoms with E-state index >= 15 is 4.39 Å². The van der Waals surface area contributed by atoms with Crippen LogP contribution in [0.15, 0.2) is 65.5 Å². The van der Waals surface area contributed by atoms with E-state index < -0.39 is 38.2 Å². The van der Waals surface area contributed by atoms with Crippen molar-refractivity contribution in [3.63, 3.8) is 0 Å². The van der Waals surface area contributed by atoms with Crippen LogP contribution in [0.2, 0.25) is 5.04 Å². The number of aromatic amines is 1. The fraction of sp³-hybridized carbons (Fsp3) is 0.500. The van der Waals surface area contributed by atoms with Crippen molar-refractivity contribution in [3.8, 4) is 11.8 Å². The zero-order valence-corrected chi connectivity index (χ0v) is 26.7. The van der Waals surface area contributed by atoms with E-state index in [9.17, 15) is 9.59 Å². The van der Waals surface area contributed by atoms with Gasteiger partial charge in [-0.05, 0) is 71.7 Å². The van der Waals surface area contributed by atoms with Gasteiger partial charge in [-0.25, -0.2) is 4.79 Å². The molecule has 234 valence electrons. The minimum absolute atomic E-state index is 0.0205. The summed E-state index contributed by atoms with van der Waals surface area (Å²) < 4.78 is 33.3. The number of ether oxygens (including phenoxy) is 2. The van der Waals surface area contributed by atoms with Gasteiger partial charge in [0.1, 0.15) is 6.61 Å². The number of nitrogens with zero attached hydrogens (tertiary/aromatic N) is 1. The molecule has 0 spiro atoms. The smallest absolute Gasteiger partial charge is 0.351 e. The summed E-state index contributed by atoms with van der Waals surface area (Å²) in [6, 6.07) is 20.4. The molecule has 1 heterocycles. The van der Waals surface area contributed by atoms with Crippen LogP contribution in [0.1, 0.15) is 59.3 Å². The summed E-state index contributed by atoms with van der Waals surface area (Å²) in [6.07, 6.45) is 6.78. The zero-order chi connectivity index (χ0) is 31.0. The highest BCUT2D eigenvalue weighted by molar-refractivity contribution is 6.99.